The van der Waals surface area contributed by atoms with Crippen molar-refractivity contribution in [2.45, 2.75) is 26.9 Å². The van der Waals surface area contributed by atoms with Crippen LogP contribution in [0.4, 0.5) is 4.39 Å². The summed E-state index contributed by atoms with van der Waals surface area (Å²) >= 11 is 0. The fraction of sp³-hybridized carbons (Fsp3) is 0.833. The van der Waals surface area contributed by atoms with Crippen molar-refractivity contribution in [3.8, 4) is 0 Å². The molecule has 0 saturated heterocycles. The normalized spacial score (nSPS) is 14.1. The van der Waals surface area contributed by atoms with Gasteiger partial charge in [0.15, 0.2) is 12.0 Å². The molecule has 0 aliphatic heterocycles. The summed E-state index contributed by atoms with van der Waals surface area (Å²) in [7, 11) is 0. The Labute approximate surface area is 48.9 Å². The highest BCUT2D eigenvalue weighted by molar-refractivity contribution is 5.84. The van der Waals surface area contributed by atoms with E-state index in [1.807, 2.05) is 0 Å². The second-order valence-corrected chi connectivity index (χ2v) is 2.17. The van der Waals surface area contributed by atoms with E-state index >= 15 is 0 Å². The molecule has 0 radical (unpaired) electrons. The molecule has 0 N–H and O–H groups in total. The molecule has 0 aliphatic carbocycles. The fourth-order valence-corrected chi connectivity index (χ4v) is 0.459. The summed E-state index contributed by atoms with van der Waals surface area (Å²) < 4.78 is 12.0. The standard InChI is InChI=1S/C6H11FO/c1-4(2)6(8)5(3)7/h4-5H,1-3H3. The molecule has 2 heteroatoms. The van der Waals surface area contributed by atoms with Gasteiger partial charge in [0.2, 0.25) is 0 Å². The van der Waals surface area contributed by atoms with Crippen LogP contribution in [0.3, 0.4) is 0 Å². The van der Waals surface area contributed by atoms with Crippen LogP contribution in [0.1, 0.15) is 20.8 Å². The molecule has 0 rings (SSSR count). The topological polar surface area (TPSA) is 17.1 Å². The number of alkyl halides is 1. The van der Waals surface area contributed by atoms with Crippen molar-refractivity contribution in [1.82, 2.24) is 0 Å². The molecule has 1 unspecified atom stereocenters. The molecule has 0 heterocycles. The van der Waals surface area contributed by atoms with Gasteiger partial charge in [-0.15, -0.1) is 0 Å². The van der Waals surface area contributed by atoms with Gasteiger partial charge in [-0.2, -0.15) is 0 Å². The molecule has 0 aromatic carbocycles. The third kappa shape index (κ3) is 2.05. The Kier molecular flexibility index (Phi) is 2.66. The maximum Gasteiger partial charge on any atom is 0.169 e. The second kappa shape index (κ2) is 2.80. The molecule has 0 aromatic rings. The van der Waals surface area contributed by atoms with Crippen LogP contribution in [-0.2, 0) is 4.79 Å². The second-order valence-electron chi connectivity index (χ2n) is 2.17. The lowest BCUT2D eigenvalue weighted by Crippen LogP contribution is -2.17. The molecule has 48 valence electrons. The predicted molar refractivity (Wildman–Crippen MR) is 30.4 cm³/mol. The van der Waals surface area contributed by atoms with Crippen molar-refractivity contribution < 1.29 is 9.18 Å². The van der Waals surface area contributed by atoms with Crippen LogP contribution in [-0.4, -0.2) is 12.0 Å². The maximum absolute atomic E-state index is 12.0. The van der Waals surface area contributed by atoms with Gasteiger partial charge in [0, 0.05) is 5.92 Å². The Morgan fingerprint density at radius 2 is 1.75 bits per heavy atom. The van der Waals surface area contributed by atoms with Crippen molar-refractivity contribution in [3.05, 3.63) is 0 Å². The number of rotatable bonds is 2. The molecule has 0 aromatic heterocycles. The zero-order valence-corrected chi connectivity index (χ0v) is 5.44. The smallest absolute Gasteiger partial charge is 0.169 e. The maximum atomic E-state index is 12.0. The summed E-state index contributed by atoms with van der Waals surface area (Å²) in [6.07, 6.45) is -1.30. The summed E-state index contributed by atoms with van der Waals surface area (Å²) in [6.45, 7) is 4.65. The first-order chi connectivity index (χ1) is 3.55. The van der Waals surface area contributed by atoms with Gasteiger partial charge in [0.05, 0.1) is 0 Å². The minimum atomic E-state index is -1.30. The highest BCUT2D eigenvalue weighted by Gasteiger charge is 2.13. The van der Waals surface area contributed by atoms with E-state index in [4.69, 9.17) is 0 Å². The largest absolute Gasteiger partial charge is 0.296 e. The van der Waals surface area contributed by atoms with Crippen LogP contribution >= 0.6 is 0 Å². The predicted octanol–water partition coefficient (Wildman–Crippen LogP) is 1.57. The van der Waals surface area contributed by atoms with Gasteiger partial charge < -0.3 is 0 Å². The van der Waals surface area contributed by atoms with E-state index in [1.54, 1.807) is 13.8 Å². The first kappa shape index (κ1) is 7.60. The fourth-order valence-electron chi connectivity index (χ4n) is 0.459. The minimum Gasteiger partial charge on any atom is -0.296 e. The van der Waals surface area contributed by atoms with E-state index in [9.17, 15) is 9.18 Å². The number of hydrogen-bond acceptors (Lipinski definition) is 1. The number of ketones is 1. The molecule has 0 bridgehead atoms. The highest BCUT2D eigenvalue weighted by Crippen LogP contribution is 2.01. The molecule has 8 heavy (non-hydrogen) atoms. The summed E-state index contributed by atoms with van der Waals surface area (Å²) in [5.41, 5.74) is 0. The van der Waals surface area contributed by atoms with E-state index in [1.165, 1.54) is 6.92 Å². The summed E-state index contributed by atoms with van der Waals surface area (Å²) in [5, 5.41) is 0. The van der Waals surface area contributed by atoms with Crippen LogP contribution in [0.5, 0.6) is 0 Å². The zero-order valence-electron chi connectivity index (χ0n) is 5.44. The van der Waals surface area contributed by atoms with E-state index in [2.05, 4.69) is 0 Å². The molecule has 0 amide bonds. The van der Waals surface area contributed by atoms with E-state index in [0.717, 1.165) is 0 Å². The van der Waals surface area contributed by atoms with E-state index in [-0.39, 0.29) is 11.7 Å². The Morgan fingerprint density at radius 1 is 1.38 bits per heavy atom. The monoisotopic (exact) mass is 118 g/mol. The van der Waals surface area contributed by atoms with Gasteiger partial charge in [-0.3, -0.25) is 4.79 Å². The lowest BCUT2D eigenvalue weighted by molar-refractivity contribution is -0.126. The van der Waals surface area contributed by atoms with Crippen LogP contribution in [0.15, 0.2) is 0 Å². The van der Waals surface area contributed by atoms with Gasteiger partial charge in [0.25, 0.3) is 0 Å². The van der Waals surface area contributed by atoms with Crippen molar-refractivity contribution in [2.24, 2.45) is 5.92 Å². The van der Waals surface area contributed by atoms with E-state index in [0.29, 0.717) is 0 Å². The third-order valence-corrected chi connectivity index (χ3v) is 0.961. The molecular formula is C6H11FO. The number of Topliss-reactive ketones (excluding diaryl/α,β-unsaturated/α-hetero) is 1. The van der Waals surface area contributed by atoms with Gasteiger partial charge in [-0.25, -0.2) is 4.39 Å². The lowest BCUT2D eigenvalue weighted by Gasteiger charge is -2.01. The van der Waals surface area contributed by atoms with Gasteiger partial charge in [-0.1, -0.05) is 13.8 Å². The first-order valence-corrected chi connectivity index (χ1v) is 2.73. The SMILES string of the molecule is CC(C)C(=O)C(C)F. The van der Waals surface area contributed by atoms with Crippen LogP contribution in [0, 0.1) is 5.92 Å². The average Bonchev–Trinajstić information content (AvgIpc) is 1.64. The number of halogens is 1. The summed E-state index contributed by atoms with van der Waals surface area (Å²) in [5.74, 6) is -0.486. The molecule has 0 spiro atoms. The molecule has 0 saturated carbocycles. The minimum absolute atomic E-state index is 0.171. The summed E-state index contributed by atoms with van der Waals surface area (Å²) in [4.78, 5) is 10.5. The number of carbonyl (C=O) groups excluding carboxylic acids is 1. The highest BCUT2D eigenvalue weighted by atomic mass is 19.1. The van der Waals surface area contributed by atoms with Gasteiger partial charge in [0.1, 0.15) is 0 Å². The molecule has 0 fully saturated rings. The van der Waals surface area contributed by atoms with Gasteiger partial charge >= 0.3 is 0 Å². The van der Waals surface area contributed by atoms with E-state index < -0.39 is 6.17 Å². The molecule has 1 nitrogen and oxygen atoms in total. The van der Waals surface area contributed by atoms with Crippen molar-refractivity contribution >= 4 is 5.78 Å². The summed E-state index contributed by atoms with van der Waals surface area (Å²) in [6, 6.07) is 0. The number of hydrogen-bond donors (Lipinski definition) is 0. The third-order valence-electron chi connectivity index (χ3n) is 0.961. The van der Waals surface area contributed by atoms with Crippen molar-refractivity contribution in [3.63, 3.8) is 0 Å². The van der Waals surface area contributed by atoms with Crippen LogP contribution in [0.2, 0.25) is 0 Å². The lowest BCUT2D eigenvalue weighted by atomic mass is 10.1. The van der Waals surface area contributed by atoms with Gasteiger partial charge in [-0.05, 0) is 6.92 Å². The quantitative estimate of drug-likeness (QED) is 0.538. The van der Waals surface area contributed by atoms with Crippen molar-refractivity contribution in [1.29, 1.82) is 0 Å². The van der Waals surface area contributed by atoms with Crippen LogP contribution in [0.25, 0.3) is 0 Å². The molecule has 0 aliphatic rings. The van der Waals surface area contributed by atoms with Crippen molar-refractivity contribution in [2.75, 3.05) is 0 Å². The Balaban J connectivity index is 3.65. The Morgan fingerprint density at radius 3 is 1.75 bits per heavy atom. The molecule has 1 atom stereocenters. The Hall–Kier alpha value is -0.400. The van der Waals surface area contributed by atoms with Crippen LogP contribution < -0.4 is 0 Å². The average molecular weight is 118 g/mol. The zero-order chi connectivity index (χ0) is 6.73. The molecular weight excluding hydrogens is 107 g/mol. The number of carbonyl (C=O) groups is 1. The first-order valence-electron chi connectivity index (χ1n) is 2.73. The Bertz CT molecular complexity index is 76.5.